The second-order valence-electron chi connectivity index (χ2n) is 4.21. The summed E-state index contributed by atoms with van der Waals surface area (Å²) < 4.78 is 1.91. The SMILES string of the molecule is Cc1cnc2nc(Cl)c(C3(N)CC3)n2c1. The van der Waals surface area contributed by atoms with Crippen LogP contribution in [0.3, 0.4) is 0 Å². The highest BCUT2D eigenvalue weighted by molar-refractivity contribution is 6.30. The number of aryl methyl sites for hydroxylation is 1. The minimum atomic E-state index is -0.286. The predicted octanol–water partition coefficient (Wildman–Crippen LogP) is 1.64. The van der Waals surface area contributed by atoms with Crippen LogP contribution in [0.5, 0.6) is 0 Å². The van der Waals surface area contributed by atoms with Crippen molar-refractivity contribution in [3.8, 4) is 0 Å². The van der Waals surface area contributed by atoms with E-state index in [1.54, 1.807) is 6.20 Å². The number of nitrogens with zero attached hydrogens (tertiary/aromatic N) is 3. The average Bonchev–Trinajstić information content (AvgIpc) is 2.80. The van der Waals surface area contributed by atoms with E-state index in [0.29, 0.717) is 10.9 Å². The Labute approximate surface area is 92.1 Å². The zero-order valence-electron chi connectivity index (χ0n) is 8.37. The van der Waals surface area contributed by atoms with E-state index in [1.807, 2.05) is 17.5 Å². The Morgan fingerprint density at radius 2 is 2.27 bits per heavy atom. The highest BCUT2D eigenvalue weighted by atomic mass is 35.5. The number of nitrogens with two attached hydrogens (primary N) is 1. The first-order valence-electron chi connectivity index (χ1n) is 4.90. The van der Waals surface area contributed by atoms with Crippen LogP contribution in [0.15, 0.2) is 12.4 Å². The van der Waals surface area contributed by atoms with Gasteiger partial charge in [-0.15, -0.1) is 0 Å². The molecule has 4 nitrogen and oxygen atoms in total. The number of rotatable bonds is 1. The van der Waals surface area contributed by atoms with Crippen molar-refractivity contribution in [3.05, 3.63) is 28.8 Å². The number of hydrogen-bond acceptors (Lipinski definition) is 3. The summed E-state index contributed by atoms with van der Waals surface area (Å²) >= 11 is 6.09. The molecule has 0 spiro atoms. The molecule has 2 aromatic heterocycles. The highest BCUT2D eigenvalue weighted by Crippen LogP contribution is 2.45. The average molecular weight is 223 g/mol. The van der Waals surface area contributed by atoms with E-state index in [2.05, 4.69) is 9.97 Å². The lowest BCUT2D eigenvalue weighted by Gasteiger charge is -2.08. The number of fused-ring (bicyclic) bond motifs is 1. The first kappa shape index (κ1) is 9.12. The maximum Gasteiger partial charge on any atom is 0.235 e. The second kappa shape index (κ2) is 2.71. The number of hydrogen-bond donors (Lipinski definition) is 1. The molecular weight excluding hydrogens is 212 g/mol. The van der Waals surface area contributed by atoms with Gasteiger partial charge in [0, 0.05) is 12.4 Å². The first-order valence-corrected chi connectivity index (χ1v) is 5.27. The third-order valence-corrected chi connectivity index (χ3v) is 3.09. The normalized spacial score (nSPS) is 18.3. The van der Waals surface area contributed by atoms with Crippen molar-refractivity contribution < 1.29 is 0 Å². The molecule has 0 atom stereocenters. The Hall–Kier alpha value is -1.13. The smallest absolute Gasteiger partial charge is 0.235 e. The molecule has 15 heavy (non-hydrogen) atoms. The molecule has 2 aromatic rings. The van der Waals surface area contributed by atoms with E-state index in [4.69, 9.17) is 17.3 Å². The Bertz CT molecular complexity index is 542. The summed E-state index contributed by atoms with van der Waals surface area (Å²) in [4.78, 5) is 8.41. The molecule has 3 rings (SSSR count). The van der Waals surface area contributed by atoms with Gasteiger partial charge in [-0.2, -0.15) is 4.98 Å². The number of halogens is 1. The minimum Gasteiger partial charge on any atom is -0.320 e. The van der Waals surface area contributed by atoms with E-state index in [0.717, 1.165) is 24.1 Å². The molecule has 1 aliphatic rings. The van der Waals surface area contributed by atoms with Crippen LogP contribution in [-0.4, -0.2) is 14.4 Å². The maximum atomic E-state index is 6.16. The summed E-state index contributed by atoms with van der Waals surface area (Å²) in [5, 5.41) is 0.480. The molecule has 5 heteroatoms. The molecule has 1 saturated carbocycles. The lowest BCUT2D eigenvalue weighted by Crippen LogP contribution is -2.21. The van der Waals surface area contributed by atoms with Crippen molar-refractivity contribution in [1.82, 2.24) is 14.4 Å². The van der Waals surface area contributed by atoms with Crippen LogP contribution in [0.2, 0.25) is 5.15 Å². The first-order chi connectivity index (χ1) is 7.10. The molecule has 0 aromatic carbocycles. The Morgan fingerprint density at radius 3 is 2.93 bits per heavy atom. The fourth-order valence-corrected chi connectivity index (χ4v) is 2.18. The molecule has 0 aliphatic heterocycles. The van der Waals surface area contributed by atoms with Gasteiger partial charge in [0.1, 0.15) is 0 Å². The lowest BCUT2D eigenvalue weighted by atomic mass is 10.2. The van der Waals surface area contributed by atoms with E-state index >= 15 is 0 Å². The minimum absolute atomic E-state index is 0.286. The van der Waals surface area contributed by atoms with Gasteiger partial charge in [-0.1, -0.05) is 11.6 Å². The number of aromatic nitrogens is 3. The van der Waals surface area contributed by atoms with Gasteiger partial charge in [0.05, 0.1) is 11.2 Å². The Balaban J connectivity index is 2.35. The quantitative estimate of drug-likeness (QED) is 0.798. The van der Waals surface area contributed by atoms with E-state index in [-0.39, 0.29) is 5.54 Å². The Morgan fingerprint density at radius 1 is 1.53 bits per heavy atom. The molecule has 0 unspecified atom stereocenters. The van der Waals surface area contributed by atoms with Gasteiger partial charge in [-0.05, 0) is 25.3 Å². The molecule has 0 radical (unpaired) electrons. The summed E-state index contributed by atoms with van der Waals surface area (Å²) in [6.07, 6.45) is 5.69. The zero-order chi connectivity index (χ0) is 10.6. The fourth-order valence-electron chi connectivity index (χ4n) is 1.82. The largest absolute Gasteiger partial charge is 0.320 e. The van der Waals surface area contributed by atoms with E-state index in [9.17, 15) is 0 Å². The van der Waals surface area contributed by atoms with Crippen LogP contribution in [0.25, 0.3) is 5.78 Å². The van der Waals surface area contributed by atoms with Crippen molar-refractivity contribution in [3.63, 3.8) is 0 Å². The van der Waals surface area contributed by atoms with Crippen molar-refractivity contribution in [2.45, 2.75) is 25.3 Å². The van der Waals surface area contributed by atoms with E-state index in [1.165, 1.54) is 0 Å². The van der Waals surface area contributed by atoms with Crippen molar-refractivity contribution in [2.75, 3.05) is 0 Å². The van der Waals surface area contributed by atoms with Gasteiger partial charge in [-0.3, -0.25) is 4.40 Å². The van der Waals surface area contributed by atoms with Crippen LogP contribution in [0.4, 0.5) is 0 Å². The van der Waals surface area contributed by atoms with Gasteiger partial charge in [0.15, 0.2) is 5.15 Å². The fraction of sp³-hybridized carbons (Fsp3) is 0.400. The molecule has 0 saturated heterocycles. The number of imidazole rings is 1. The molecule has 0 amide bonds. The van der Waals surface area contributed by atoms with E-state index < -0.39 is 0 Å². The van der Waals surface area contributed by atoms with Gasteiger partial charge in [0.25, 0.3) is 0 Å². The monoisotopic (exact) mass is 222 g/mol. The molecule has 78 valence electrons. The van der Waals surface area contributed by atoms with Gasteiger partial charge in [0.2, 0.25) is 5.78 Å². The summed E-state index contributed by atoms with van der Waals surface area (Å²) in [6.45, 7) is 1.99. The van der Waals surface area contributed by atoms with Gasteiger partial charge in [-0.25, -0.2) is 4.98 Å². The highest BCUT2D eigenvalue weighted by Gasteiger charge is 2.44. The summed E-state index contributed by atoms with van der Waals surface area (Å²) in [5.74, 6) is 0.623. The van der Waals surface area contributed by atoms with Crippen LogP contribution < -0.4 is 5.73 Å². The van der Waals surface area contributed by atoms with Crippen molar-refractivity contribution in [2.24, 2.45) is 5.73 Å². The van der Waals surface area contributed by atoms with Crippen LogP contribution >= 0.6 is 11.6 Å². The maximum absolute atomic E-state index is 6.16. The molecular formula is C10H11ClN4. The standard InChI is InChI=1S/C10H11ClN4/c1-6-4-13-9-14-8(11)7(15(9)5-6)10(12)2-3-10/h4-5H,2-3,12H2,1H3. The summed E-state index contributed by atoms with van der Waals surface area (Å²) in [5.41, 5.74) is 7.84. The summed E-state index contributed by atoms with van der Waals surface area (Å²) in [7, 11) is 0. The van der Waals surface area contributed by atoms with Crippen molar-refractivity contribution >= 4 is 17.4 Å². The van der Waals surface area contributed by atoms with Crippen molar-refractivity contribution in [1.29, 1.82) is 0 Å². The summed E-state index contributed by atoms with van der Waals surface area (Å²) in [6, 6.07) is 0. The molecule has 0 bridgehead atoms. The predicted molar refractivity (Wildman–Crippen MR) is 57.8 cm³/mol. The van der Waals surface area contributed by atoms with Crippen LogP contribution in [0, 0.1) is 6.92 Å². The van der Waals surface area contributed by atoms with Gasteiger partial charge < -0.3 is 5.73 Å². The molecule has 1 aliphatic carbocycles. The molecule has 2 N–H and O–H groups in total. The van der Waals surface area contributed by atoms with Crippen LogP contribution in [-0.2, 0) is 5.54 Å². The second-order valence-corrected chi connectivity index (χ2v) is 4.57. The third-order valence-electron chi connectivity index (χ3n) is 2.83. The lowest BCUT2D eigenvalue weighted by molar-refractivity contribution is 0.697. The topological polar surface area (TPSA) is 56.2 Å². The molecule has 1 fully saturated rings. The Kier molecular flexibility index (Phi) is 1.65. The molecule has 2 heterocycles. The zero-order valence-corrected chi connectivity index (χ0v) is 9.12. The third kappa shape index (κ3) is 1.25. The van der Waals surface area contributed by atoms with Crippen LogP contribution in [0.1, 0.15) is 24.1 Å². The van der Waals surface area contributed by atoms with Gasteiger partial charge >= 0.3 is 0 Å².